The smallest absolute Gasteiger partial charge is 0.338 e. The Bertz CT molecular complexity index is 1240. The van der Waals surface area contributed by atoms with Gasteiger partial charge >= 0.3 is 5.97 Å². The number of benzene rings is 3. The summed E-state index contributed by atoms with van der Waals surface area (Å²) in [6, 6.07) is 19.9. The van der Waals surface area contributed by atoms with Crippen molar-refractivity contribution in [3.8, 4) is 11.4 Å². The van der Waals surface area contributed by atoms with Crippen LogP contribution in [-0.2, 0) is 9.53 Å². The highest BCUT2D eigenvalue weighted by molar-refractivity contribution is 6.31. The summed E-state index contributed by atoms with van der Waals surface area (Å²) < 4.78 is 5.14. The van der Waals surface area contributed by atoms with E-state index in [0.29, 0.717) is 27.6 Å². The molecule has 7 heteroatoms. The van der Waals surface area contributed by atoms with E-state index in [2.05, 4.69) is 15.3 Å². The topological polar surface area (TPSA) is 84.1 Å². The third-order valence-electron chi connectivity index (χ3n) is 4.55. The van der Waals surface area contributed by atoms with Gasteiger partial charge in [0.1, 0.15) is 5.82 Å². The molecule has 0 aliphatic rings. The number of hydrogen-bond acceptors (Lipinski definition) is 4. The maximum absolute atomic E-state index is 12.4. The molecular weight excluding hydrogens is 402 g/mol. The number of nitrogens with zero attached hydrogens (tertiary/aromatic N) is 1. The van der Waals surface area contributed by atoms with Gasteiger partial charge in [0.15, 0.2) is 6.61 Å². The number of H-pyrrole nitrogens is 1. The minimum Gasteiger partial charge on any atom is -0.452 e. The van der Waals surface area contributed by atoms with E-state index in [1.165, 1.54) is 0 Å². The lowest BCUT2D eigenvalue weighted by Crippen LogP contribution is -2.20. The van der Waals surface area contributed by atoms with Crippen LogP contribution in [0.15, 0.2) is 66.7 Å². The predicted octanol–water partition coefficient (Wildman–Crippen LogP) is 4.99. The number of carbonyl (C=O) groups is 2. The first-order chi connectivity index (χ1) is 14.5. The van der Waals surface area contributed by atoms with Gasteiger partial charge < -0.3 is 15.0 Å². The van der Waals surface area contributed by atoms with Crippen LogP contribution in [0.3, 0.4) is 0 Å². The number of anilines is 1. The Morgan fingerprint density at radius 2 is 1.87 bits per heavy atom. The van der Waals surface area contributed by atoms with E-state index in [-0.39, 0.29) is 0 Å². The Morgan fingerprint density at radius 1 is 1.07 bits per heavy atom. The van der Waals surface area contributed by atoms with Crippen molar-refractivity contribution in [3.63, 3.8) is 0 Å². The number of nitrogens with one attached hydrogen (secondary N) is 2. The molecular formula is C23H18ClN3O3. The second-order valence-electron chi connectivity index (χ2n) is 6.77. The van der Waals surface area contributed by atoms with E-state index in [1.54, 1.807) is 36.4 Å². The third-order valence-corrected chi connectivity index (χ3v) is 4.96. The van der Waals surface area contributed by atoms with Gasteiger partial charge in [-0.05, 0) is 42.8 Å². The van der Waals surface area contributed by atoms with Crippen LogP contribution in [0.2, 0.25) is 5.02 Å². The summed E-state index contributed by atoms with van der Waals surface area (Å²) in [4.78, 5) is 32.2. The predicted molar refractivity (Wildman–Crippen MR) is 117 cm³/mol. The molecule has 0 bridgehead atoms. The number of aromatic nitrogens is 2. The van der Waals surface area contributed by atoms with E-state index in [1.807, 2.05) is 37.3 Å². The van der Waals surface area contributed by atoms with E-state index in [0.717, 1.165) is 16.6 Å². The lowest BCUT2D eigenvalue weighted by atomic mass is 10.2. The average Bonchev–Trinajstić information content (AvgIpc) is 3.19. The van der Waals surface area contributed by atoms with Gasteiger partial charge in [-0.2, -0.15) is 0 Å². The fraction of sp³-hybridized carbons (Fsp3) is 0.0870. The monoisotopic (exact) mass is 419 g/mol. The largest absolute Gasteiger partial charge is 0.452 e. The Labute approximate surface area is 177 Å². The Morgan fingerprint density at radius 3 is 2.63 bits per heavy atom. The fourth-order valence-corrected chi connectivity index (χ4v) is 3.13. The zero-order valence-electron chi connectivity index (χ0n) is 16.1. The van der Waals surface area contributed by atoms with E-state index in [9.17, 15) is 9.59 Å². The van der Waals surface area contributed by atoms with Crippen LogP contribution in [0.4, 0.5) is 5.69 Å². The number of esters is 1. The summed E-state index contributed by atoms with van der Waals surface area (Å²) in [5, 5.41) is 3.20. The highest BCUT2D eigenvalue weighted by atomic mass is 35.5. The van der Waals surface area contributed by atoms with Crippen molar-refractivity contribution < 1.29 is 14.3 Å². The number of fused-ring (bicyclic) bond motifs is 1. The zero-order valence-corrected chi connectivity index (χ0v) is 16.9. The molecule has 6 nitrogen and oxygen atoms in total. The van der Waals surface area contributed by atoms with Crippen LogP contribution in [0, 0.1) is 6.92 Å². The van der Waals surface area contributed by atoms with E-state index < -0.39 is 18.5 Å². The fourth-order valence-electron chi connectivity index (χ4n) is 2.95. The molecule has 1 heterocycles. The van der Waals surface area contributed by atoms with Crippen molar-refractivity contribution in [2.75, 3.05) is 11.9 Å². The number of aryl methyl sites for hydroxylation is 1. The number of imidazole rings is 1. The standard InChI is InChI=1S/C23H18ClN3O3/c1-14-7-9-17(12-18(14)24)25-21(28)13-30-23(29)16-8-10-19-20(11-16)27-22(26-19)15-5-3-2-4-6-15/h2-12H,13H2,1H3,(H,25,28)(H,26,27). The number of amides is 1. The van der Waals surface area contributed by atoms with Gasteiger partial charge in [-0.3, -0.25) is 4.79 Å². The first kappa shape index (κ1) is 19.7. The first-order valence-electron chi connectivity index (χ1n) is 9.28. The van der Waals surface area contributed by atoms with Gasteiger partial charge in [0.2, 0.25) is 0 Å². The molecule has 1 aromatic heterocycles. The Hall–Kier alpha value is -3.64. The molecule has 0 radical (unpaired) electrons. The molecule has 0 atom stereocenters. The SMILES string of the molecule is Cc1ccc(NC(=O)COC(=O)c2ccc3nc(-c4ccccc4)[nH]c3c2)cc1Cl. The van der Waals surface area contributed by atoms with Gasteiger partial charge in [-0.15, -0.1) is 0 Å². The molecule has 0 saturated heterocycles. The molecule has 0 aliphatic heterocycles. The second kappa shape index (κ2) is 8.39. The summed E-state index contributed by atoms with van der Waals surface area (Å²) >= 11 is 6.05. The van der Waals surface area contributed by atoms with E-state index >= 15 is 0 Å². The Balaban J connectivity index is 1.41. The third kappa shape index (κ3) is 4.34. The van der Waals surface area contributed by atoms with Crippen LogP contribution in [0.5, 0.6) is 0 Å². The van der Waals surface area contributed by atoms with Crippen molar-refractivity contribution in [2.45, 2.75) is 6.92 Å². The van der Waals surface area contributed by atoms with Crippen molar-refractivity contribution in [1.82, 2.24) is 9.97 Å². The van der Waals surface area contributed by atoms with Gasteiger partial charge in [0, 0.05) is 16.3 Å². The molecule has 0 unspecified atom stereocenters. The van der Waals surface area contributed by atoms with Gasteiger partial charge in [-0.25, -0.2) is 9.78 Å². The number of aromatic amines is 1. The van der Waals surface area contributed by atoms with Crippen LogP contribution in [0.25, 0.3) is 22.4 Å². The number of rotatable bonds is 5. The van der Waals surface area contributed by atoms with E-state index in [4.69, 9.17) is 16.3 Å². The second-order valence-corrected chi connectivity index (χ2v) is 7.18. The van der Waals surface area contributed by atoms with Crippen LogP contribution in [-0.4, -0.2) is 28.5 Å². The molecule has 0 aliphatic carbocycles. The normalized spacial score (nSPS) is 10.7. The molecule has 0 fully saturated rings. The molecule has 150 valence electrons. The average molecular weight is 420 g/mol. The number of halogens is 1. The van der Waals surface area contributed by atoms with Crippen molar-refractivity contribution >= 4 is 40.2 Å². The van der Waals surface area contributed by atoms with Crippen LogP contribution in [0.1, 0.15) is 15.9 Å². The molecule has 4 aromatic rings. The summed E-state index contributed by atoms with van der Waals surface area (Å²) in [5.74, 6) is -0.325. The Kier molecular flexibility index (Phi) is 5.50. The minimum atomic E-state index is -0.593. The summed E-state index contributed by atoms with van der Waals surface area (Å²) in [6.07, 6.45) is 0. The highest BCUT2D eigenvalue weighted by Crippen LogP contribution is 2.22. The summed E-state index contributed by atoms with van der Waals surface area (Å²) in [7, 11) is 0. The van der Waals surface area contributed by atoms with Crippen molar-refractivity contribution in [2.24, 2.45) is 0 Å². The van der Waals surface area contributed by atoms with Gasteiger partial charge in [0.05, 0.1) is 16.6 Å². The first-order valence-corrected chi connectivity index (χ1v) is 9.66. The number of hydrogen-bond donors (Lipinski definition) is 2. The maximum atomic E-state index is 12.4. The number of ether oxygens (including phenoxy) is 1. The quantitative estimate of drug-likeness (QED) is 0.446. The highest BCUT2D eigenvalue weighted by Gasteiger charge is 2.13. The van der Waals surface area contributed by atoms with Gasteiger partial charge in [-0.1, -0.05) is 48.0 Å². The lowest BCUT2D eigenvalue weighted by molar-refractivity contribution is -0.119. The molecule has 0 spiro atoms. The van der Waals surface area contributed by atoms with Crippen molar-refractivity contribution in [3.05, 3.63) is 82.9 Å². The van der Waals surface area contributed by atoms with Crippen LogP contribution >= 0.6 is 11.6 Å². The molecule has 4 rings (SSSR count). The van der Waals surface area contributed by atoms with Crippen LogP contribution < -0.4 is 5.32 Å². The maximum Gasteiger partial charge on any atom is 0.338 e. The lowest BCUT2D eigenvalue weighted by Gasteiger charge is -2.08. The summed E-state index contributed by atoms with van der Waals surface area (Å²) in [6.45, 7) is 1.47. The van der Waals surface area contributed by atoms with Crippen molar-refractivity contribution in [1.29, 1.82) is 0 Å². The number of carbonyl (C=O) groups excluding carboxylic acids is 2. The molecule has 0 saturated carbocycles. The molecule has 30 heavy (non-hydrogen) atoms. The zero-order chi connectivity index (χ0) is 21.1. The molecule has 3 aromatic carbocycles. The van der Waals surface area contributed by atoms with Gasteiger partial charge in [0.25, 0.3) is 5.91 Å². The molecule has 2 N–H and O–H groups in total. The molecule has 1 amide bonds. The minimum absolute atomic E-state index is 0.331. The summed E-state index contributed by atoms with van der Waals surface area (Å²) in [5.41, 5.74) is 4.17.